The third-order valence-corrected chi connectivity index (χ3v) is 4.04. The van der Waals surface area contributed by atoms with E-state index >= 15 is 0 Å². The highest BCUT2D eigenvalue weighted by molar-refractivity contribution is 7.10. The van der Waals surface area contributed by atoms with Crippen molar-refractivity contribution in [2.75, 3.05) is 6.54 Å². The number of aromatic nitrogens is 1. The van der Waals surface area contributed by atoms with Gasteiger partial charge >= 0.3 is 0 Å². The van der Waals surface area contributed by atoms with Crippen molar-refractivity contribution in [3.8, 4) is 0 Å². The van der Waals surface area contributed by atoms with E-state index in [1.807, 2.05) is 6.92 Å². The number of carbonyl (C=O) groups excluding carboxylic acids is 1. The largest absolute Gasteiger partial charge is 0.435 e. The van der Waals surface area contributed by atoms with Gasteiger partial charge in [-0.1, -0.05) is 6.92 Å². The van der Waals surface area contributed by atoms with Crippen LogP contribution in [0.2, 0.25) is 0 Å². The first kappa shape index (κ1) is 13.8. The Morgan fingerprint density at radius 3 is 2.84 bits per heavy atom. The second kappa shape index (κ2) is 6.02. The van der Waals surface area contributed by atoms with Crippen molar-refractivity contribution in [2.24, 2.45) is 0 Å². The minimum Gasteiger partial charge on any atom is -0.435 e. The van der Waals surface area contributed by atoms with Gasteiger partial charge in [0, 0.05) is 17.8 Å². The molecule has 2 aromatic rings. The third-order valence-electron chi connectivity index (χ3n) is 2.96. The van der Waals surface area contributed by atoms with E-state index in [-0.39, 0.29) is 5.91 Å². The molecule has 0 saturated carbocycles. The van der Waals surface area contributed by atoms with Gasteiger partial charge in [0.1, 0.15) is 0 Å². The normalized spacial score (nSPS) is 10.7. The Hall–Kier alpha value is -1.62. The van der Waals surface area contributed by atoms with Crippen molar-refractivity contribution in [2.45, 2.75) is 33.6 Å². The molecule has 1 N–H and O–H groups in total. The average Bonchev–Trinajstić information content (AvgIpc) is 2.96. The van der Waals surface area contributed by atoms with Crippen molar-refractivity contribution in [1.82, 2.24) is 10.3 Å². The van der Waals surface area contributed by atoms with E-state index in [9.17, 15) is 4.79 Å². The third kappa shape index (κ3) is 3.23. The molecule has 1 amide bonds. The van der Waals surface area contributed by atoms with Crippen LogP contribution in [0.3, 0.4) is 0 Å². The number of nitrogens with zero attached hydrogens (tertiary/aromatic N) is 1. The van der Waals surface area contributed by atoms with Crippen LogP contribution in [-0.2, 0) is 12.8 Å². The van der Waals surface area contributed by atoms with E-state index in [1.54, 1.807) is 18.3 Å². The van der Waals surface area contributed by atoms with Gasteiger partial charge in [0.25, 0.3) is 5.91 Å². The molecule has 0 radical (unpaired) electrons. The molecule has 0 aliphatic carbocycles. The summed E-state index contributed by atoms with van der Waals surface area (Å²) in [6.07, 6.45) is 1.55. The van der Waals surface area contributed by atoms with Gasteiger partial charge < -0.3 is 9.73 Å². The Morgan fingerprint density at radius 1 is 1.47 bits per heavy atom. The molecule has 2 heterocycles. The number of amides is 1. The van der Waals surface area contributed by atoms with Crippen LogP contribution in [0.15, 0.2) is 15.9 Å². The van der Waals surface area contributed by atoms with Crippen LogP contribution in [0.5, 0.6) is 0 Å². The molecule has 0 saturated heterocycles. The SMILES string of the molecule is CCc1nc(C)c(C(=O)NCCc2sccc2C)o1. The fraction of sp³-hybridized carbons (Fsp3) is 0.429. The zero-order valence-electron chi connectivity index (χ0n) is 11.4. The maximum Gasteiger partial charge on any atom is 0.289 e. The number of thiophene rings is 1. The summed E-state index contributed by atoms with van der Waals surface area (Å²) < 4.78 is 5.42. The van der Waals surface area contributed by atoms with Gasteiger partial charge in [-0.25, -0.2) is 4.98 Å². The van der Waals surface area contributed by atoms with E-state index in [2.05, 4.69) is 28.7 Å². The van der Waals surface area contributed by atoms with Crippen molar-refractivity contribution in [3.05, 3.63) is 39.2 Å². The molecule has 0 aliphatic heterocycles. The minimum atomic E-state index is -0.182. The zero-order chi connectivity index (χ0) is 13.8. The summed E-state index contributed by atoms with van der Waals surface area (Å²) in [5, 5.41) is 4.95. The highest BCUT2D eigenvalue weighted by Gasteiger charge is 2.16. The highest BCUT2D eigenvalue weighted by Crippen LogP contribution is 2.15. The minimum absolute atomic E-state index is 0.182. The van der Waals surface area contributed by atoms with Crippen LogP contribution >= 0.6 is 11.3 Å². The van der Waals surface area contributed by atoms with Gasteiger partial charge in [-0.3, -0.25) is 4.79 Å². The van der Waals surface area contributed by atoms with Crippen molar-refractivity contribution >= 4 is 17.2 Å². The van der Waals surface area contributed by atoms with Gasteiger partial charge in [-0.2, -0.15) is 0 Å². The predicted octanol–water partition coefficient (Wildman–Crippen LogP) is 2.89. The van der Waals surface area contributed by atoms with Crippen molar-refractivity contribution < 1.29 is 9.21 Å². The zero-order valence-corrected chi connectivity index (χ0v) is 12.3. The molecule has 5 heteroatoms. The first-order valence-corrected chi connectivity index (χ1v) is 7.27. The first-order valence-electron chi connectivity index (χ1n) is 6.39. The van der Waals surface area contributed by atoms with E-state index in [4.69, 9.17) is 4.42 Å². The molecular formula is C14H18N2O2S. The second-order valence-electron chi connectivity index (χ2n) is 4.41. The smallest absolute Gasteiger partial charge is 0.289 e. The molecule has 4 nitrogen and oxygen atoms in total. The number of nitrogens with one attached hydrogen (secondary N) is 1. The molecule has 0 aromatic carbocycles. The average molecular weight is 278 g/mol. The lowest BCUT2D eigenvalue weighted by Gasteiger charge is -2.03. The van der Waals surface area contributed by atoms with Gasteiger partial charge in [0.15, 0.2) is 5.89 Å². The second-order valence-corrected chi connectivity index (χ2v) is 5.41. The Morgan fingerprint density at radius 2 is 2.26 bits per heavy atom. The van der Waals surface area contributed by atoms with Crippen LogP contribution in [0.25, 0.3) is 0 Å². The van der Waals surface area contributed by atoms with E-state index in [0.29, 0.717) is 30.3 Å². The summed E-state index contributed by atoms with van der Waals surface area (Å²) in [7, 11) is 0. The maximum absolute atomic E-state index is 12.0. The van der Waals surface area contributed by atoms with Crippen LogP contribution in [0.4, 0.5) is 0 Å². The van der Waals surface area contributed by atoms with Crippen molar-refractivity contribution in [3.63, 3.8) is 0 Å². The summed E-state index contributed by atoms with van der Waals surface area (Å²) >= 11 is 1.72. The Labute approximate surface area is 116 Å². The lowest BCUT2D eigenvalue weighted by atomic mass is 10.2. The predicted molar refractivity (Wildman–Crippen MR) is 75.7 cm³/mol. The van der Waals surface area contributed by atoms with E-state index in [0.717, 1.165) is 6.42 Å². The van der Waals surface area contributed by atoms with Gasteiger partial charge in [-0.05, 0) is 37.3 Å². The maximum atomic E-state index is 12.0. The Bertz CT molecular complexity index is 572. The lowest BCUT2D eigenvalue weighted by molar-refractivity contribution is 0.0924. The molecule has 0 fully saturated rings. The fourth-order valence-electron chi connectivity index (χ4n) is 1.84. The molecule has 2 aromatic heterocycles. The van der Waals surface area contributed by atoms with Gasteiger partial charge in [0.2, 0.25) is 5.76 Å². The topological polar surface area (TPSA) is 55.1 Å². The number of oxazole rings is 1. The number of hydrogen-bond donors (Lipinski definition) is 1. The number of hydrogen-bond acceptors (Lipinski definition) is 4. The summed E-state index contributed by atoms with van der Waals surface area (Å²) in [6.45, 7) is 6.44. The van der Waals surface area contributed by atoms with Gasteiger partial charge in [-0.15, -0.1) is 11.3 Å². The van der Waals surface area contributed by atoms with Crippen LogP contribution in [0.1, 0.15) is 39.5 Å². The Kier molecular flexibility index (Phi) is 4.37. The molecule has 102 valence electrons. The number of carbonyl (C=O) groups is 1. The number of aryl methyl sites for hydroxylation is 3. The number of rotatable bonds is 5. The monoisotopic (exact) mass is 278 g/mol. The first-order chi connectivity index (χ1) is 9.11. The van der Waals surface area contributed by atoms with Crippen LogP contribution in [0, 0.1) is 13.8 Å². The molecular weight excluding hydrogens is 260 g/mol. The molecule has 0 atom stereocenters. The molecule has 19 heavy (non-hydrogen) atoms. The summed E-state index contributed by atoms with van der Waals surface area (Å²) in [6, 6.07) is 2.09. The van der Waals surface area contributed by atoms with Crippen LogP contribution < -0.4 is 5.32 Å². The standard InChI is InChI=1S/C14H18N2O2S/c1-4-12-16-10(3)13(18-12)14(17)15-7-5-11-9(2)6-8-19-11/h6,8H,4-5,7H2,1-3H3,(H,15,17). The summed E-state index contributed by atoms with van der Waals surface area (Å²) in [5.74, 6) is 0.760. The quantitative estimate of drug-likeness (QED) is 0.915. The molecule has 0 bridgehead atoms. The van der Waals surface area contributed by atoms with Crippen LogP contribution in [-0.4, -0.2) is 17.4 Å². The van der Waals surface area contributed by atoms with Gasteiger partial charge in [0.05, 0.1) is 5.69 Å². The highest BCUT2D eigenvalue weighted by atomic mass is 32.1. The molecule has 0 spiro atoms. The van der Waals surface area contributed by atoms with Crippen molar-refractivity contribution in [1.29, 1.82) is 0 Å². The molecule has 0 unspecified atom stereocenters. The fourth-order valence-corrected chi connectivity index (χ4v) is 2.75. The summed E-state index contributed by atoms with van der Waals surface area (Å²) in [5.41, 5.74) is 1.94. The molecule has 2 rings (SSSR count). The van der Waals surface area contributed by atoms with E-state index < -0.39 is 0 Å². The molecule has 0 aliphatic rings. The summed E-state index contributed by atoms with van der Waals surface area (Å²) in [4.78, 5) is 17.5. The lowest BCUT2D eigenvalue weighted by Crippen LogP contribution is -2.25. The van der Waals surface area contributed by atoms with E-state index in [1.165, 1.54) is 10.4 Å². The Balaban J connectivity index is 1.90.